The third-order valence-corrected chi connectivity index (χ3v) is 6.43. The Morgan fingerprint density at radius 2 is 1.84 bits per heavy atom. The largest absolute Gasteiger partial charge is 0.467 e. The van der Waals surface area contributed by atoms with Crippen molar-refractivity contribution >= 4 is 26.8 Å². The summed E-state index contributed by atoms with van der Waals surface area (Å²) in [7, 11) is -2.48. The van der Waals surface area contributed by atoms with E-state index in [1.165, 1.54) is 35.4 Å². The second-order valence-corrected chi connectivity index (χ2v) is 9.02. The van der Waals surface area contributed by atoms with E-state index in [1.54, 1.807) is 55.6 Å². The van der Waals surface area contributed by atoms with Crippen molar-refractivity contribution in [1.29, 1.82) is 0 Å². The van der Waals surface area contributed by atoms with Gasteiger partial charge in [0.05, 0.1) is 17.7 Å². The number of carbonyl (C=O) groups excluding carboxylic acids is 1. The fraction of sp³-hybridized carbons (Fsp3) is 0.130. The number of amides is 1. The van der Waals surface area contributed by atoms with Crippen molar-refractivity contribution in [1.82, 2.24) is 14.6 Å². The highest BCUT2D eigenvalue weighted by Gasteiger charge is 2.30. The molecule has 2 aromatic carbocycles. The van der Waals surface area contributed by atoms with Crippen LogP contribution in [-0.4, -0.2) is 31.3 Å². The van der Waals surface area contributed by atoms with Crippen LogP contribution in [0.4, 0.5) is 0 Å². The molecule has 0 fully saturated rings. The summed E-state index contributed by atoms with van der Waals surface area (Å²) >= 11 is 0. The summed E-state index contributed by atoms with van der Waals surface area (Å²) in [4.78, 5) is 28.8. The zero-order valence-corrected chi connectivity index (χ0v) is 18.0. The first-order valence-electron chi connectivity index (χ1n) is 9.81. The highest BCUT2D eigenvalue weighted by Crippen LogP contribution is 2.22. The number of hydrogen-bond donors (Lipinski definition) is 2. The lowest BCUT2D eigenvalue weighted by molar-refractivity contribution is -0.132. The molecule has 2 aromatic heterocycles. The fourth-order valence-corrected chi connectivity index (χ4v) is 4.58. The third-order valence-electron chi connectivity index (χ3n) is 5.01. The minimum atomic E-state index is -4.06. The Bertz CT molecular complexity index is 1400. The molecule has 0 aliphatic heterocycles. The molecule has 0 saturated carbocycles. The highest BCUT2D eigenvalue weighted by molar-refractivity contribution is 7.89. The third kappa shape index (κ3) is 4.63. The monoisotopic (exact) mass is 451 g/mol. The van der Waals surface area contributed by atoms with Crippen LogP contribution in [0.3, 0.4) is 0 Å². The average Bonchev–Trinajstić information content (AvgIpc) is 3.30. The van der Waals surface area contributed by atoms with E-state index in [4.69, 9.17) is 4.42 Å². The number of nitrogens with zero attached hydrogens (tertiary/aromatic N) is 1. The number of H-pyrrole nitrogens is 1. The van der Waals surface area contributed by atoms with Gasteiger partial charge in [0.2, 0.25) is 21.5 Å². The maximum absolute atomic E-state index is 13.2. The topological polar surface area (TPSA) is 112 Å². The summed E-state index contributed by atoms with van der Waals surface area (Å²) in [5.41, 5.74) is 0.753. The van der Waals surface area contributed by atoms with Gasteiger partial charge in [-0.2, -0.15) is 4.72 Å². The lowest BCUT2D eigenvalue weighted by atomic mass is 10.1. The SMILES string of the molecule is CN(Cc1ccco1)C(=O)[C@@H](NS(=O)(=O)c1ccc2[nH]c(=O)ccc2c1)c1ccccc1. The van der Waals surface area contributed by atoms with Gasteiger partial charge < -0.3 is 14.3 Å². The maximum Gasteiger partial charge on any atom is 0.248 e. The fourth-order valence-electron chi connectivity index (χ4n) is 3.36. The summed E-state index contributed by atoms with van der Waals surface area (Å²) in [6, 6.07) is 18.2. The standard InChI is InChI=1S/C23H21N3O5S/c1-26(15-18-8-5-13-31-18)23(28)22(16-6-3-2-4-7-16)25-32(29,30)19-10-11-20-17(14-19)9-12-21(27)24-20/h2-14,22,25H,15H2,1H3,(H,24,27)/t22-/m0/s1. The molecule has 0 saturated heterocycles. The lowest BCUT2D eigenvalue weighted by Gasteiger charge is -2.24. The molecule has 9 heteroatoms. The number of hydrogen-bond acceptors (Lipinski definition) is 5. The number of aromatic amines is 1. The molecule has 1 atom stereocenters. The van der Waals surface area contributed by atoms with Gasteiger partial charge >= 0.3 is 0 Å². The molecule has 2 heterocycles. The van der Waals surface area contributed by atoms with Gasteiger partial charge in [0.25, 0.3) is 0 Å². The van der Waals surface area contributed by atoms with Crippen molar-refractivity contribution in [2.45, 2.75) is 17.5 Å². The summed E-state index contributed by atoms with van der Waals surface area (Å²) < 4.78 is 34.2. The van der Waals surface area contributed by atoms with Gasteiger partial charge in [0.1, 0.15) is 11.8 Å². The van der Waals surface area contributed by atoms with Gasteiger partial charge in [0.15, 0.2) is 0 Å². The Morgan fingerprint density at radius 1 is 1.06 bits per heavy atom. The number of benzene rings is 2. The number of carbonyl (C=O) groups is 1. The second kappa shape index (κ2) is 8.81. The van der Waals surface area contributed by atoms with E-state index >= 15 is 0 Å². The van der Waals surface area contributed by atoms with Crippen molar-refractivity contribution in [3.63, 3.8) is 0 Å². The van der Waals surface area contributed by atoms with Crippen LogP contribution in [-0.2, 0) is 21.4 Å². The van der Waals surface area contributed by atoms with E-state index in [9.17, 15) is 18.0 Å². The summed E-state index contributed by atoms with van der Waals surface area (Å²) in [6.07, 6.45) is 1.51. The van der Waals surface area contributed by atoms with E-state index in [2.05, 4.69) is 9.71 Å². The first-order chi connectivity index (χ1) is 15.3. The van der Waals surface area contributed by atoms with Crippen LogP contribution in [0.5, 0.6) is 0 Å². The molecule has 8 nitrogen and oxygen atoms in total. The van der Waals surface area contributed by atoms with Crippen molar-refractivity contribution in [2.24, 2.45) is 0 Å². The molecular weight excluding hydrogens is 430 g/mol. The van der Waals surface area contributed by atoms with Gasteiger partial charge in [0, 0.05) is 18.6 Å². The zero-order valence-electron chi connectivity index (χ0n) is 17.2. The number of pyridine rings is 1. The predicted octanol–water partition coefficient (Wildman–Crippen LogP) is 2.80. The molecule has 0 unspecified atom stereocenters. The molecular formula is C23H21N3O5S. The minimum Gasteiger partial charge on any atom is -0.467 e. The second-order valence-electron chi connectivity index (χ2n) is 7.31. The first-order valence-corrected chi connectivity index (χ1v) is 11.3. The zero-order chi connectivity index (χ0) is 22.7. The molecule has 2 N–H and O–H groups in total. The van der Waals surface area contributed by atoms with E-state index in [-0.39, 0.29) is 17.0 Å². The number of sulfonamides is 1. The molecule has 0 aliphatic carbocycles. The van der Waals surface area contributed by atoms with Crippen LogP contribution >= 0.6 is 0 Å². The van der Waals surface area contributed by atoms with E-state index in [0.29, 0.717) is 22.2 Å². The van der Waals surface area contributed by atoms with Crippen LogP contribution in [0.2, 0.25) is 0 Å². The Labute approximate surface area is 184 Å². The summed E-state index contributed by atoms with van der Waals surface area (Å²) in [5.74, 6) is 0.153. The Balaban J connectivity index is 1.66. The maximum atomic E-state index is 13.2. The number of fused-ring (bicyclic) bond motifs is 1. The van der Waals surface area contributed by atoms with Gasteiger partial charge in [-0.05, 0) is 47.3 Å². The first kappa shape index (κ1) is 21.5. The molecule has 0 aliphatic rings. The molecule has 4 rings (SSSR count). The number of likely N-dealkylation sites (N-methyl/N-ethyl adjacent to an activating group) is 1. The van der Waals surface area contributed by atoms with Crippen molar-refractivity contribution in [3.8, 4) is 0 Å². The Hall–Kier alpha value is -3.69. The van der Waals surface area contributed by atoms with Crippen molar-refractivity contribution in [3.05, 3.63) is 101 Å². The van der Waals surface area contributed by atoms with Crippen LogP contribution in [0.15, 0.2) is 93.2 Å². The molecule has 32 heavy (non-hydrogen) atoms. The quantitative estimate of drug-likeness (QED) is 0.449. The molecule has 1 amide bonds. The smallest absolute Gasteiger partial charge is 0.248 e. The molecule has 0 bridgehead atoms. The molecule has 4 aromatic rings. The van der Waals surface area contributed by atoms with Gasteiger partial charge in [-0.15, -0.1) is 0 Å². The average molecular weight is 452 g/mol. The number of rotatable bonds is 7. The normalized spacial score (nSPS) is 12.5. The van der Waals surface area contributed by atoms with Crippen LogP contribution in [0.1, 0.15) is 17.4 Å². The van der Waals surface area contributed by atoms with Crippen LogP contribution < -0.4 is 10.3 Å². The number of nitrogens with one attached hydrogen (secondary N) is 2. The van der Waals surface area contributed by atoms with Crippen molar-refractivity contribution < 1.29 is 17.6 Å². The molecule has 164 valence electrons. The molecule has 0 spiro atoms. The van der Waals surface area contributed by atoms with Crippen molar-refractivity contribution in [2.75, 3.05) is 7.05 Å². The van der Waals surface area contributed by atoms with Gasteiger partial charge in [-0.3, -0.25) is 9.59 Å². The van der Waals surface area contributed by atoms with Crippen LogP contribution in [0, 0.1) is 0 Å². The van der Waals surface area contributed by atoms with E-state index in [1.807, 2.05) is 0 Å². The Kier molecular flexibility index (Phi) is 5.93. The molecule has 0 radical (unpaired) electrons. The number of aromatic nitrogens is 1. The summed E-state index contributed by atoms with van der Waals surface area (Å²) in [6.45, 7) is 0.195. The van der Waals surface area contributed by atoms with Gasteiger partial charge in [-0.1, -0.05) is 30.3 Å². The highest BCUT2D eigenvalue weighted by atomic mass is 32.2. The van der Waals surface area contributed by atoms with E-state index in [0.717, 1.165) is 0 Å². The lowest BCUT2D eigenvalue weighted by Crippen LogP contribution is -2.41. The van der Waals surface area contributed by atoms with Gasteiger partial charge in [-0.25, -0.2) is 8.42 Å². The predicted molar refractivity (Wildman–Crippen MR) is 119 cm³/mol. The Morgan fingerprint density at radius 3 is 2.56 bits per heavy atom. The van der Waals surface area contributed by atoms with E-state index < -0.39 is 22.0 Å². The number of furan rings is 1. The minimum absolute atomic E-state index is 0.0144. The van der Waals surface area contributed by atoms with Crippen LogP contribution in [0.25, 0.3) is 10.9 Å². The summed E-state index contributed by atoms with van der Waals surface area (Å²) in [5, 5.41) is 0.560.